The van der Waals surface area contributed by atoms with Crippen molar-refractivity contribution in [3.63, 3.8) is 0 Å². The molecule has 0 aromatic heterocycles. The van der Waals surface area contributed by atoms with E-state index in [1.807, 2.05) is 20.8 Å². The van der Waals surface area contributed by atoms with E-state index in [-0.39, 0.29) is 33.1 Å². The zero-order valence-electron chi connectivity index (χ0n) is 21.3. The fourth-order valence-electron chi connectivity index (χ4n) is 5.14. The van der Waals surface area contributed by atoms with Gasteiger partial charge in [0.2, 0.25) is 5.91 Å². The van der Waals surface area contributed by atoms with Gasteiger partial charge in [0, 0.05) is 35.6 Å². The van der Waals surface area contributed by atoms with Crippen molar-refractivity contribution in [1.82, 2.24) is 15.4 Å². The molecular formula is C26H31Cl2F2N5O2S. The molecule has 0 radical (unpaired) electrons. The summed E-state index contributed by atoms with van der Waals surface area (Å²) in [6.45, 7) is 6.38. The van der Waals surface area contributed by atoms with Crippen molar-refractivity contribution in [3.05, 3.63) is 69.2 Å². The van der Waals surface area contributed by atoms with Gasteiger partial charge in [-0.05, 0) is 42.0 Å². The Hall–Kier alpha value is -2.13. The third kappa shape index (κ3) is 6.53. The summed E-state index contributed by atoms with van der Waals surface area (Å²) >= 11 is 10.5. The second-order valence-corrected chi connectivity index (χ2v) is 12.3. The van der Waals surface area contributed by atoms with Crippen LogP contribution in [0.15, 0.2) is 36.4 Å². The van der Waals surface area contributed by atoms with Crippen molar-refractivity contribution in [3.8, 4) is 6.07 Å². The number of nitrogens with two attached hydrogens (primary N) is 1. The lowest BCUT2D eigenvalue weighted by molar-refractivity contribution is -0.123. The average molecular weight is 587 g/mol. The fourth-order valence-corrected chi connectivity index (χ4v) is 5.83. The molecule has 1 fully saturated rings. The predicted octanol–water partition coefficient (Wildman–Crippen LogP) is 4.23. The SMILES string of the molecule is CC(C)(C)CC1N[C@@H](C(=O)NCCCNS(N)=O)C(c2cccc(Cl)c2F)[C@@]1(C#N)c1ccc(Cl)cc1F. The first-order chi connectivity index (χ1) is 17.8. The van der Waals surface area contributed by atoms with E-state index in [4.69, 9.17) is 28.3 Å². The molecule has 206 valence electrons. The van der Waals surface area contributed by atoms with Crippen LogP contribution in [0.3, 0.4) is 0 Å². The minimum Gasteiger partial charge on any atom is -0.355 e. The smallest absolute Gasteiger partial charge is 0.237 e. The molecule has 12 heteroatoms. The Morgan fingerprint density at radius 3 is 2.55 bits per heavy atom. The van der Waals surface area contributed by atoms with Crippen LogP contribution in [0.1, 0.15) is 50.7 Å². The third-order valence-electron chi connectivity index (χ3n) is 6.63. The van der Waals surface area contributed by atoms with Crippen LogP contribution < -0.4 is 20.5 Å². The second kappa shape index (κ2) is 12.4. The highest BCUT2D eigenvalue weighted by Gasteiger charge is 2.61. The summed E-state index contributed by atoms with van der Waals surface area (Å²) in [4.78, 5) is 13.5. The second-order valence-electron chi connectivity index (χ2n) is 10.5. The molecule has 1 saturated heterocycles. The van der Waals surface area contributed by atoms with Gasteiger partial charge >= 0.3 is 0 Å². The van der Waals surface area contributed by atoms with E-state index < -0.39 is 52.1 Å². The summed E-state index contributed by atoms with van der Waals surface area (Å²) in [5.41, 5.74) is -1.99. The standard InChI is InChI=1S/C26H31Cl2F2N5O2S/c1-25(2,3)13-20-26(14-31,17-9-8-15(27)12-19(17)29)21(16-6-4-7-18(28)22(16)30)23(35-20)24(36)33-10-5-11-34-38(32)37/h4,6-9,12,20-21,23,34-35H,5,10-11,13,32H2,1-3H3,(H,33,36)/t20?,21?,23-,26+,38?/m1/s1. The van der Waals surface area contributed by atoms with Gasteiger partial charge < -0.3 is 10.6 Å². The molecule has 2 aromatic rings. The van der Waals surface area contributed by atoms with Gasteiger partial charge in [-0.15, -0.1) is 0 Å². The van der Waals surface area contributed by atoms with Crippen molar-refractivity contribution < 1.29 is 17.8 Å². The van der Waals surface area contributed by atoms with Gasteiger partial charge in [-0.1, -0.05) is 62.2 Å². The van der Waals surface area contributed by atoms with Crippen LogP contribution in [-0.2, 0) is 21.4 Å². The number of carbonyl (C=O) groups is 1. The van der Waals surface area contributed by atoms with Gasteiger partial charge in [-0.2, -0.15) is 5.26 Å². The number of hydrogen-bond donors (Lipinski definition) is 4. The fraction of sp³-hybridized carbons (Fsp3) is 0.462. The first kappa shape index (κ1) is 30.4. The first-order valence-electron chi connectivity index (χ1n) is 12.1. The van der Waals surface area contributed by atoms with Gasteiger partial charge in [-0.25, -0.2) is 22.9 Å². The number of benzene rings is 2. The maximum atomic E-state index is 15.6. The summed E-state index contributed by atoms with van der Waals surface area (Å²) in [5.74, 6) is -3.13. The maximum Gasteiger partial charge on any atom is 0.237 e. The predicted molar refractivity (Wildman–Crippen MR) is 146 cm³/mol. The lowest BCUT2D eigenvalue weighted by Crippen LogP contribution is -2.46. The van der Waals surface area contributed by atoms with Crippen LogP contribution >= 0.6 is 23.2 Å². The number of carbonyl (C=O) groups excluding carboxylic acids is 1. The summed E-state index contributed by atoms with van der Waals surface area (Å²) in [6, 6.07) is 8.85. The van der Waals surface area contributed by atoms with Crippen molar-refractivity contribution in [2.75, 3.05) is 13.1 Å². The Morgan fingerprint density at radius 2 is 1.95 bits per heavy atom. The Labute approximate surface area is 234 Å². The molecule has 0 bridgehead atoms. The molecule has 1 aliphatic rings. The monoisotopic (exact) mass is 585 g/mol. The third-order valence-corrected chi connectivity index (χ3v) is 7.64. The van der Waals surface area contributed by atoms with Gasteiger partial charge in [0.1, 0.15) is 17.0 Å². The first-order valence-corrected chi connectivity index (χ1v) is 14.0. The molecule has 1 heterocycles. The Kier molecular flexibility index (Phi) is 9.90. The van der Waals surface area contributed by atoms with E-state index in [0.29, 0.717) is 19.4 Å². The molecule has 0 aliphatic carbocycles. The maximum absolute atomic E-state index is 15.6. The number of halogens is 4. The van der Waals surface area contributed by atoms with E-state index >= 15 is 8.78 Å². The zero-order valence-corrected chi connectivity index (χ0v) is 23.6. The van der Waals surface area contributed by atoms with Gasteiger partial charge in [0.15, 0.2) is 11.2 Å². The molecule has 3 unspecified atom stereocenters. The highest BCUT2D eigenvalue weighted by Crippen LogP contribution is 2.52. The van der Waals surface area contributed by atoms with Crippen LogP contribution in [0, 0.1) is 28.4 Å². The quantitative estimate of drug-likeness (QED) is 0.329. The molecule has 2 aromatic carbocycles. The normalized spacial score (nSPS) is 24.1. The van der Waals surface area contributed by atoms with Crippen LogP contribution in [0.25, 0.3) is 0 Å². The topological polar surface area (TPSA) is 120 Å². The Balaban J connectivity index is 2.17. The number of nitrogens with one attached hydrogen (secondary N) is 3. The van der Waals surface area contributed by atoms with E-state index in [2.05, 4.69) is 21.4 Å². The Bertz CT molecular complexity index is 1250. The minimum absolute atomic E-state index is 0.0143. The van der Waals surface area contributed by atoms with Crippen molar-refractivity contribution in [1.29, 1.82) is 5.26 Å². The van der Waals surface area contributed by atoms with E-state index in [9.17, 15) is 14.3 Å². The minimum atomic E-state index is -1.69. The van der Waals surface area contributed by atoms with Gasteiger partial charge in [-0.3, -0.25) is 4.79 Å². The van der Waals surface area contributed by atoms with Crippen LogP contribution in [0.5, 0.6) is 0 Å². The molecule has 38 heavy (non-hydrogen) atoms. The summed E-state index contributed by atoms with van der Waals surface area (Å²) in [5, 5.41) is 22.0. The molecule has 1 aliphatic heterocycles. The number of rotatable bonds is 9. The Morgan fingerprint density at radius 1 is 1.24 bits per heavy atom. The lowest BCUT2D eigenvalue weighted by Gasteiger charge is -2.37. The summed E-state index contributed by atoms with van der Waals surface area (Å²) in [7, 11) is 0. The molecule has 7 nitrogen and oxygen atoms in total. The molecule has 0 saturated carbocycles. The molecule has 5 atom stereocenters. The van der Waals surface area contributed by atoms with Gasteiger partial charge in [0.25, 0.3) is 0 Å². The number of nitrogens with zero attached hydrogens (tertiary/aromatic N) is 1. The van der Waals surface area contributed by atoms with E-state index in [1.165, 1.54) is 30.3 Å². The number of nitriles is 1. The molecule has 0 spiro atoms. The van der Waals surface area contributed by atoms with Crippen molar-refractivity contribution in [2.45, 2.75) is 57.0 Å². The summed E-state index contributed by atoms with van der Waals surface area (Å²) < 4.78 is 44.7. The lowest BCUT2D eigenvalue weighted by atomic mass is 9.62. The van der Waals surface area contributed by atoms with Gasteiger partial charge in [0.05, 0.1) is 17.1 Å². The molecular weight excluding hydrogens is 555 g/mol. The molecule has 1 amide bonds. The van der Waals surface area contributed by atoms with E-state index in [1.54, 1.807) is 0 Å². The van der Waals surface area contributed by atoms with Crippen molar-refractivity contribution in [2.24, 2.45) is 10.6 Å². The highest BCUT2D eigenvalue weighted by molar-refractivity contribution is 7.80. The van der Waals surface area contributed by atoms with E-state index in [0.717, 1.165) is 6.07 Å². The summed E-state index contributed by atoms with van der Waals surface area (Å²) in [6.07, 6.45) is 0.787. The average Bonchev–Trinajstić information content (AvgIpc) is 3.13. The van der Waals surface area contributed by atoms with Crippen LogP contribution in [-0.4, -0.2) is 35.3 Å². The zero-order chi connectivity index (χ0) is 28.3. The molecule has 3 rings (SSSR count). The van der Waals surface area contributed by atoms with Crippen LogP contribution in [0.4, 0.5) is 8.78 Å². The van der Waals surface area contributed by atoms with Crippen LogP contribution in [0.2, 0.25) is 10.0 Å². The number of amides is 1. The van der Waals surface area contributed by atoms with Crippen molar-refractivity contribution >= 4 is 40.3 Å². The highest BCUT2D eigenvalue weighted by atomic mass is 35.5. The largest absolute Gasteiger partial charge is 0.355 e. The molecule has 5 N–H and O–H groups in total. The number of hydrogen-bond acceptors (Lipinski definition) is 4.